The van der Waals surface area contributed by atoms with Crippen LogP contribution in [-0.4, -0.2) is 62.3 Å². The zero-order valence-electron chi connectivity index (χ0n) is 24.3. The van der Waals surface area contributed by atoms with Crippen molar-refractivity contribution >= 4 is 27.6 Å². The van der Waals surface area contributed by atoms with E-state index in [-0.39, 0.29) is 5.82 Å². The lowest BCUT2D eigenvalue weighted by Crippen LogP contribution is -2.25. The minimum atomic E-state index is -0.321. The SMILES string of the molecule is CC(C)Nc1cncc(-c2ccc3[nH]nc(-c4cc5c(-c6cc(F)cc(OCCN7CCCC7)c6)cccc5[nH]4)c3n2)c1. The molecule has 0 spiro atoms. The van der Waals surface area contributed by atoms with Crippen molar-refractivity contribution in [2.75, 3.05) is 31.6 Å². The quantitative estimate of drug-likeness (QED) is 0.168. The number of nitrogens with one attached hydrogen (secondary N) is 3. The molecule has 0 saturated carbocycles. The van der Waals surface area contributed by atoms with E-state index in [2.05, 4.69) is 56.4 Å². The van der Waals surface area contributed by atoms with E-state index < -0.39 is 0 Å². The number of H-pyrrole nitrogens is 2. The Bertz CT molecular complexity index is 1900. The van der Waals surface area contributed by atoms with E-state index in [9.17, 15) is 4.39 Å². The van der Waals surface area contributed by atoms with Gasteiger partial charge in [0.25, 0.3) is 0 Å². The van der Waals surface area contributed by atoms with Gasteiger partial charge < -0.3 is 15.0 Å². The van der Waals surface area contributed by atoms with Crippen LogP contribution in [0.25, 0.3) is 55.7 Å². The van der Waals surface area contributed by atoms with Gasteiger partial charge in [0.1, 0.15) is 29.4 Å². The fourth-order valence-corrected chi connectivity index (χ4v) is 5.87. The number of aromatic nitrogens is 5. The Morgan fingerprint density at radius 3 is 2.72 bits per heavy atom. The van der Waals surface area contributed by atoms with Crippen LogP contribution in [0.3, 0.4) is 0 Å². The molecule has 0 bridgehead atoms. The molecule has 0 amide bonds. The highest BCUT2D eigenvalue weighted by molar-refractivity contribution is 6.00. The van der Waals surface area contributed by atoms with Crippen molar-refractivity contribution in [3.05, 3.63) is 78.9 Å². The smallest absolute Gasteiger partial charge is 0.135 e. The molecule has 0 atom stereocenters. The molecule has 0 aliphatic carbocycles. The number of pyridine rings is 2. The van der Waals surface area contributed by atoms with E-state index in [1.54, 1.807) is 6.07 Å². The van der Waals surface area contributed by atoms with Gasteiger partial charge in [0, 0.05) is 47.5 Å². The molecule has 0 unspecified atom stereocenters. The van der Waals surface area contributed by atoms with Crippen LogP contribution < -0.4 is 10.1 Å². The maximum atomic E-state index is 14.8. The van der Waals surface area contributed by atoms with E-state index in [0.717, 1.165) is 75.3 Å². The van der Waals surface area contributed by atoms with E-state index in [4.69, 9.17) is 9.72 Å². The number of rotatable bonds is 9. The van der Waals surface area contributed by atoms with Gasteiger partial charge in [0.05, 0.1) is 22.6 Å². The summed E-state index contributed by atoms with van der Waals surface area (Å²) in [5.74, 6) is 0.220. The first-order valence-corrected chi connectivity index (χ1v) is 14.9. The first kappa shape index (κ1) is 27.1. The molecule has 43 heavy (non-hydrogen) atoms. The zero-order valence-corrected chi connectivity index (χ0v) is 24.3. The van der Waals surface area contributed by atoms with E-state index in [1.165, 1.54) is 18.9 Å². The lowest BCUT2D eigenvalue weighted by atomic mass is 10.0. The lowest BCUT2D eigenvalue weighted by molar-refractivity contribution is 0.237. The molecule has 0 radical (unpaired) electrons. The second kappa shape index (κ2) is 11.5. The van der Waals surface area contributed by atoms with Crippen molar-refractivity contribution in [2.45, 2.75) is 32.7 Å². The average Bonchev–Trinajstić information content (AvgIpc) is 3.76. The van der Waals surface area contributed by atoms with Gasteiger partial charge in [-0.15, -0.1) is 0 Å². The molecule has 5 heterocycles. The standard InChI is InChI=1S/C34H34FN7O/c1-21(2)37-25-15-23(19-36-20-25)29-8-9-31-33(39-29)34(41-40-31)32-18-28-27(6-5-7-30(28)38-32)22-14-24(35)17-26(16-22)43-13-12-42-10-3-4-11-42/h5-9,14-21,37-38H,3-4,10-13H2,1-2H3,(H,40,41). The summed E-state index contributed by atoms with van der Waals surface area (Å²) in [5.41, 5.74) is 8.42. The highest BCUT2D eigenvalue weighted by Crippen LogP contribution is 2.36. The van der Waals surface area contributed by atoms with Crippen LogP contribution in [0.5, 0.6) is 5.75 Å². The molecule has 7 rings (SSSR count). The van der Waals surface area contributed by atoms with Gasteiger partial charge in [-0.1, -0.05) is 12.1 Å². The summed E-state index contributed by atoms with van der Waals surface area (Å²) in [7, 11) is 0. The Balaban J connectivity index is 1.21. The van der Waals surface area contributed by atoms with Crippen LogP contribution in [0.1, 0.15) is 26.7 Å². The van der Waals surface area contributed by atoms with E-state index >= 15 is 0 Å². The Morgan fingerprint density at radius 1 is 0.977 bits per heavy atom. The van der Waals surface area contributed by atoms with Crippen molar-refractivity contribution in [1.82, 2.24) is 30.0 Å². The van der Waals surface area contributed by atoms with Crippen molar-refractivity contribution in [3.63, 3.8) is 0 Å². The van der Waals surface area contributed by atoms with Crippen LogP contribution in [0, 0.1) is 5.82 Å². The summed E-state index contributed by atoms with van der Waals surface area (Å²) in [6.07, 6.45) is 6.10. The van der Waals surface area contributed by atoms with Gasteiger partial charge in [0.2, 0.25) is 0 Å². The fourth-order valence-electron chi connectivity index (χ4n) is 5.87. The second-order valence-electron chi connectivity index (χ2n) is 11.4. The van der Waals surface area contributed by atoms with Gasteiger partial charge >= 0.3 is 0 Å². The first-order chi connectivity index (χ1) is 21.0. The number of halogens is 1. The maximum Gasteiger partial charge on any atom is 0.135 e. The fraction of sp³-hybridized carbons (Fsp3) is 0.265. The largest absolute Gasteiger partial charge is 0.492 e. The minimum Gasteiger partial charge on any atom is -0.492 e. The van der Waals surface area contributed by atoms with Gasteiger partial charge in [-0.25, -0.2) is 9.37 Å². The average molecular weight is 576 g/mol. The van der Waals surface area contributed by atoms with E-state index in [0.29, 0.717) is 24.1 Å². The van der Waals surface area contributed by atoms with Crippen LogP contribution in [0.15, 0.2) is 73.1 Å². The third-order valence-electron chi connectivity index (χ3n) is 7.87. The van der Waals surface area contributed by atoms with Gasteiger partial charge in [-0.05, 0) is 93.4 Å². The Kier molecular flexibility index (Phi) is 7.24. The molecule has 2 aromatic carbocycles. The summed E-state index contributed by atoms with van der Waals surface area (Å²) >= 11 is 0. The summed E-state index contributed by atoms with van der Waals surface area (Å²) in [4.78, 5) is 15.3. The van der Waals surface area contributed by atoms with E-state index in [1.807, 2.05) is 48.8 Å². The summed E-state index contributed by atoms with van der Waals surface area (Å²) in [6.45, 7) is 7.80. The number of anilines is 1. The highest BCUT2D eigenvalue weighted by atomic mass is 19.1. The number of hydrogen-bond acceptors (Lipinski definition) is 6. The molecular formula is C34H34FN7O. The molecule has 9 heteroatoms. The number of hydrogen-bond donors (Lipinski definition) is 3. The lowest BCUT2D eigenvalue weighted by Gasteiger charge is -2.15. The van der Waals surface area contributed by atoms with Crippen LogP contribution in [0.4, 0.5) is 10.1 Å². The number of likely N-dealkylation sites (tertiary alicyclic amines) is 1. The third kappa shape index (κ3) is 5.68. The van der Waals surface area contributed by atoms with Crippen LogP contribution in [-0.2, 0) is 0 Å². The van der Waals surface area contributed by atoms with Gasteiger partial charge in [-0.2, -0.15) is 5.10 Å². The molecule has 218 valence electrons. The third-order valence-corrected chi connectivity index (χ3v) is 7.87. The highest BCUT2D eigenvalue weighted by Gasteiger charge is 2.17. The predicted molar refractivity (Wildman–Crippen MR) is 170 cm³/mol. The summed E-state index contributed by atoms with van der Waals surface area (Å²) in [6, 6.07) is 19.3. The molecule has 1 fully saturated rings. The minimum absolute atomic E-state index is 0.297. The Labute approximate surface area is 249 Å². The number of aromatic amines is 2. The van der Waals surface area contributed by atoms with Crippen molar-refractivity contribution in [2.24, 2.45) is 0 Å². The molecule has 4 aromatic heterocycles. The maximum absolute atomic E-state index is 14.8. The van der Waals surface area contributed by atoms with Crippen molar-refractivity contribution in [3.8, 4) is 39.5 Å². The summed E-state index contributed by atoms with van der Waals surface area (Å²) < 4.78 is 20.8. The number of ether oxygens (including phenoxy) is 1. The molecule has 3 N–H and O–H groups in total. The first-order valence-electron chi connectivity index (χ1n) is 14.9. The second-order valence-corrected chi connectivity index (χ2v) is 11.4. The summed E-state index contributed by atoms with van der Waals surface area (Å²) in [5, 5.41) is 12.1. The molecular weight excluding hydrogens is 541 g/mol. The van der Waals surface area contributed by atoms with Crippen LogP contribution >= 0.6 is 0 Å². The van der Waals surface area contributed by atoms with Crippen molar-refractivity contribution < 1.29 is 9.13 Å². The molecule has 1 saturated heterocycles. The Morgan fingerprint density at radius 2 is 1.86 bits per heavy atom. The zero-order chi connectivity index (χ0) is 29.3. The van der Waals surface area contributed by atoms with Gasteiger partial charge in [0.15, 0.2) is 0 Å². The normalized spacial score (nSPS) is 13.9. The molecule has 6 aromatic rings. The topological polar surface area (TPSA) is 94.7 Å². The monoisotopic (exact) mass is 575 g/mol. The molecule has 1 aliphatic rings. The molecule has 8 nitrogen and oxygen atoms in total. The molecule has 1 aliphatic heterocycles. The number of fused-ring (bicyclic) bond motifs is 2. The Hall–Kier alpha value is -4.76. The number of nitrogens with zero attached hydrogens (tertiary/aromatic N) is 4. The predicted octanol–water partition coefficient (Wildman–Crippen LogP) is 7.27. The van der Waals surface area contributed by atoms with Crippen molar-refractivity contribution in [1.29, 1.82) is 0 Å². The number of benzene rings is 2. The van der Waals surface area contributed by atoms with Gasteiger partial charge in [-0.3, -0.25) is 15.0 Å². The van der Waals surface area contributed by atoms with Crippen LogP contribution in [0.2, 0.25) is 0 Å².